The third kappa shape index (κ3) is 3.90. The summed E-state index contributed by atoms with van der Waals surface area (Å²) in [6, 6.07) is 11.0. The summed E-state index contributed by atoms with van der Waals surface area (Å²) in [6.07, 6.45) is 1.01. The highest BCUT2D eigenvalue weighted by molar-refractivity contribution is 5.15. The van der Waals surface area contributed by atoms with Gasteiger partial charge in [-0.15, -0.1) is 0 Å². The molecule has 1 rings (SSSR count). The van der Waals surface area contributed by atoms with Crippen LogP contribution in [0.5, 0.6) is 0 Å². The lowest BCUT2D eigenvalue weighted by Gasteiger charge is -2.18. The van der Waals surface area contributed by atoms with Gasteiger partial charge in [-0.25, -0.2) is 0 Å². The second kappa shape index (κ2) is 5.78. The molecule has 0 aromatic heterocycles. The number of aliphatic hydroxyl groups excluding tert-OH is 1. The minimum Gasteiger partial charge on any atom is -0.395 e. The van der Waals surface area contributed by atoms with Crippen molar-refractivity contribution >= 4 is 0 Å². The Bertz CT molecular complexity index is 248. The zero-order valence-electron chi connectivity index (χ0n) is 8.90. The van der Waals surface area contributed by atoms with E-state index >= 15 is 0 Å². The van der Waals surface area contributed by atoms with Gasteiger partial charge in [0, 0.05) is 12.1 Å². The second-order valence-electron chi connectivity index (χ2n) is 3.84. The molecule has 2 heteroatoms. The third-order valence-corrected chi connectivity index (χ3v) is 2.23. The van der Waals surface area contributed by atoms with Crippen molar-refractivity contribution in [2.24, 2.45) is 0 Å². The summed E-state index contributed by atoms with van der Waals surface area (Å²) in [6.45, 7) is 4.32. The third-order valence-electron chi connectivity index (χ3n) is 2.23. The maximum Gasteiger partial charge on any atom is 0.0582 e. The zero-order valence-corrected chi connectivity index (χ0v) is 8.90. The maximum absolute atomic E-state index is 8.89. The molecule has 0 heterocycles. The minimum atomic E-state index is 0.175. The summed E-state index contributed by atoms with van der Waals surface area (Å²) >= 11 is 0. The summed E-state index contributed by atoms with van der Waals surface area (Å²) in [5.74, 6) is 0. The average molecular weight is 193 g/mol. The first-order valence-corrected chi connectivity index (χ1v) is 5.13. The molecule has 14 heavy (non-hydrogen) atoms. The predicted molar refractivity (Wildman–Crippen MR) is 59.3 cm³/mol. The quantitative estimate of drug-likeness (QED) is 0.744. The highest BCUT2D eigenvalue weighted by atomic mass is 16.3. The lowest BCUT2D eigenvalue weighted by molar-refractivity contribution is 0.242. The van der Waals surface area contributed by atoms with Crippen LogP contribution in [0, 0.1) is 0 Å². The van der Waals surface area contributed by atoms with Crippen molar-refractivity contribution in [3.8, 4) is 0 Å². The van der Waals surface area contributed by atoms with Crippen molar-refractivity contribution < 1.29 is 5.11 Å². The molecule has 0 aliphatic carbocycles. The first-order chi connectivity index (χ1) is 6.72. The van der Waals surface area contributed by atoms with Gasteiger partial charge in [-0.05, 0) is 25.8 Å². The van der Waals surface area contributed by atoms with E-state index in [0.29, 0.717) is 6.04 Å². The largest absolute Gasteiger partial charge is 0.395 e. The van der Waals surface area contributed by atoms with E-state index in [0.717, 1.165) is 6.42 Å². The molecule has 0 fully saturated rings. The zero-order chi connectivity index (χ0) is 10.4. The molecule has 2 unspecified atom stereocenters. The number of nitrogens with one attached hydrogen (secondary N) is 1. The fourth-order valence-electron chi connectivity index (χ4n) is 1.56. The van der Waals surface area contributed by atoms with Gasteiger partial charge in [0.25, 0.3) is 0 Å². The van der Waals surface area contributed by atoms with Gasteiger partial charge < -0.3 is 10.4 Å². The van der Waals surface area contributed by atoms with Crippen LogP contribution in [0.25, 0.3) is 0 Å². The molecular weight excluding hydrogens is 174 g/mol. The van der Waals surface area contributed by atoms with Crippen LogP contribution < -0.4 is 5.32 Å². The van der Waals surface area contributed by atoms with Crippen molar-refractivity contribution in [3.63, 3.8) is 0 Å². The van der Waals surface area contributed by atoms with Gasteiger partial charge >= 0.3 is 0 Å². The Morgan fingerprint density at radius 2 is 1.79 bits per heavy atom. The van der Waals surface area contributed by atoms with Crippen LogP contribution >= 0.6 is 0 Å². The Morgan fingerprint density at radius 1 is 1.14 bits per heavy atom. The summed E-state index contributed by atoms with van der Waals surface area (Å²) < 4.78 is 0. The van der Waals surface area contributed by atoms with Crippen LogP contribution in [0.3, 0.4) is 0 Å². The Morgan fingerprint density at radius 3 is 2.36 bits per heavy atom. The molecule has 1 aromatic rings. The first kappa shape index (κ1) is 11.2. The Balaban J connectivity index is 2.37. The highest BCUT2D eigenvalue weighted by Crippen LogP contribution is 2.03. The SMILES string of the molecule is CC(CO)NC(C)Cc1ccccc1. The smallest absolute Gasteiger partial charge is 0.0582 e. The predicted octanol–water partition coefficient (Wildman–Crippen LogP) is 1.59. The summed E-state index contributed by atoms with van der Waals surface area (Å²) in [4.78, 5) is 0. The van der Waals surface area contributed by atoms with Crippen LogP contribution in [0.15, 0.2) is 30.3 Å². The molecule has 2 nitrogen and oxygen atoms in total. The molecule has 0 saturated carbocycles. The molecule has 1 aromatic carbocycles. The number of hydrogen-bond donors (Lipinski definition) is 2. The molecular formula is C12H19NO. The monoisotopic (exact) mass is 193 g/mol. The number of rotatable bonds is 5. The van der Waals surface area contributed by atoms with Crippen LogP contribution in [0.4, 0.5) is 0 Å². The van der Waals surface area contributed by atoms with Crippen molar-refractivity contribution in [2.75, 3.05) is 6.61 Å². The van der Waals surface area contributed by atoms with Gasteiger partial charge in [0.1, 0.15) is 0 Å². The van der Waals surface area contributed by atoms with Gasteiger partial charge in [-0.2, -0.15) is 0 Å². The molecule has 2 atom stereocenters. The summed E-state index contributed by atoms with van der Waals surface area (Å²) in [7, 11) is 0. The van der Waals surface area contributed by atoms with E-state index in [9.17, 15) is 0 Å². The van der Waals surface area contributed by atoms with E-state index in [-0.39, 0.29) is 12.6 Å². The van der Waals surface area contributed by atoms with E-state index < -0.39 is 0 Å². The Labute approximate surface area is 86.0 Å². The molecule has 0 amide bonds. The molecule has 78 valence electrons. The molecule has 0 saturated heterocycles. The van der Waals surface area contributed by atoms with Gasteiger partial charge in [0.05, 0.1) is 6.61 Å². The summed E-state index contributed by atoms with van der Waals surface area (Å²) in [5, 5.41) is 12.2. The van der Waals surface area contributed by atoms with E-state index in [1.54, 1.807) is 0 Å². The van der Waals surface area contributed by atoms with E-state index in [2.05, 4.69) is 36.5 Å². The van der Waals surface area contributed by atoms with Gasteiger partial charge in [-0.3, -0.25) is 0 Å². The molecule has 0 bridgehead atoms. The van der Waals surface area contributed by atoms with E-state index in [4.69, 9.17) is 5.11 Å². The van der Waals surface area contributed by atoms with Crippen LogP contribution in [0.1, 0.15) is 19.4 Å². The second-order valence-corrected chi connectivity index (χ2v) is 3.84. The number of hydrogen-bond acceptors (Lipinski definition) is 2. The Hall–Kier alpha value is -0.860. The Kier molecular flexibility index (Phi) is 4.63. The standard InChI is InChI=1S/C12H19NO/c1-10(13-11(2)9-14)8-12-6-4-3-5-7-12/h3-7,10-11,13-14H,8-9H2,1-2H3. The summed E-state index contributed by atoms with van der Waals surface area (Å²) in [5.41, 5.74) is 1.33. The van der Waals surface area contributed by atoms with Crippen molar-refractivity contribution in [1.82, 2.24) is 5.32 Å². The van der Waals surface area contributed by atoms with Gasteiger partial charge in [0.2, 0.25) is 0 Å². The van der Waals surface area contributed by atoms with Crippen LogP contribution in [0.2, 0.25) is 0 Å². The fraction of sp³-hybridized carbons (Fsp3) is 0.500. The molecule has 0 spiro atoms. The number of aliphatic hydroxyl groups is 1. The average Bonchev–Trinajstić information content (AvgIpc) is 2.19. The van der Waals surface area contributed by atoms with E-state index in [1.165, 1.54) is 5.56 Å². The van der Waals surface area contributed by atoms with Crippen molar-refractivity contribution in [3.05, 3.63) is 35.9 Å². The van der Waals surface area contributed by atoms with Crippen LogP contribution in [-0.4, -0.2) is 23.8 Å². The van der Waals surface area contributed by atoms with Crippen molar-refractivity contribution in [2.45, 2.75) is 32.4 Å². The fourth-order valence-corrected chi connectivity index (χ4v) is 1.56. The first-order valence-electron chi connectivity index (χ1n) is 5.13. The lowest BCUT2D eigenvalue weighted by atomic mass is 10.1. The maximum atomic E-state index is 8.89. The van der Waals surface area contributed by atoms with E-state index in [1.807, 2.05) is 13.0 Å². The normalized spacial score (nSPS) is 15.1. The lowest BCUT2D eigenvalue weighted by Crippen LogP contribution is -2.37. The van der Waals surface area contributed by atoms with Gasteiger partial charge in [0.15, 0.2) is 0 Å². The van der Waals surface area contributed by atoms with Gasteiger partial charge in [-0.1, -0.05) is 30.3 Å². The highest BCUT2D eigenvalue weighted by Gasteiger charge is 2.06. The topological polar surface area (TPSA) is 32.3 Å². The molecule has 0 radical (unpaired) electrons. The van der Waals surface area contributed by atoms with Crippen LogP contribution in [-0.2, 0) is 6.42 Å². The molecule has 2 N–H and O–H groups in total. The number of benzene rings is 1. The molecule has 0 aliphatic rings. The minimum absolute atomic E-state index is 0.175. The molecule has 0 aliphatic heterocycles. The van der Waals surface area contributed by atoms with Crippen molar-refractivity contribution in [1.29, 1.82) is 0 Å².